The topological polar surface area (TPSA) is 80.6 Å². The van der Waals surface area contributed by atoms with Gasteiger partial charge in [0.2, 0.25) is 5.91 Å². The van der Waals surface area contributed by atoms with Gasteiger partial charge in [0.1, 0.15) is 11.3 Å². The van der Waals surface area contributed by atoms with Crippen molar-refractivity contribution in [3.8, 4) is 5.75 Å². The van der Waals surface area contributed by atoms with E-state index in [-0.39, 0.29) is 18.2 Å². The van der Waals surface area contributed by atoms with Crippen LogP contribution in [0.2, 0.25) is 0 Å². The minimum Gasteiger partial charge on any atom is -0.497 e. The molecule has 0 spiro atoms. The van der Waals surface area contributed by atoms with Crippen molar-refractivity contribution < 1.29 is 18.7 Å². The molecule has 3 rings (SSSR count). The third-order valence-electron chi connectivity index (χ3n) is 4.78. The Morgan fingerprint density at radius 3 is 2.43 bits per heavy atom. The zero-order valence-corrected chi connectivity index (χ0v) is 16.3. The normalized spacial score (nSPS) is 10.7. The quantitative estimate of drug-likeness (QED) is 0.617. The number of amides is 2. The molecular weight excluding hydrogens is 356 g/mol. The van der Waals surface area contributed by atoms with E-state index in [4.69, 9.17) is 9.15 Å². The Balaban J connectivity index is 1.47. The first kappa shape index (κ1) is 19.5. The number of hydrogen-bond donors (Lipinski definition) is 2. The van der Waals surface area contributed by atoms with Gasteiger partial charge in [0.15, 0.2) is 0 Å². The fourth-order valence-corrected chi connectivity index (χ4v) is 2.98. The molecule has 146 valence electrons. The van der Waals surface area contributed by atoms with Gasteiger partial charge in [0, 0.05) is 29.6 Å². The molecular formula is C22H24N2O4. The molecule has 3 aromatic rings. The summed E-state index contributed by atoms with van der Waals surface area (Å²) in [6.45, 7) is 4.75. The van der Waals surface area contributed by atoms with Gasteiger partial charge in [-0.2, -0.15) is 0 Å². The van der Waals surface area contributed by atoms with Crippen LogP contribution in [0.4, 0.5) is 0 Å². The highest BCUT2D eigenvalue weighted by Crippen LogP contribution is 2.26. The number of benzene rings is 2. The van der Waals surface area contributed by atoms with Gasteiger partial charge in [-0.15, -0.1) is 0 Å². The molecule has 2 aromatic carbocycles. The molecule has 1 aromatic heterocycles. The second-order valence-corrected chi connectivity index (χ2v) is 6.66. The van der Waals surface area contributed by atoms with Gasteiger partial charge in [-0.3, -0.25) is 9.59 Å². The Hall–Kier alpha value is -3.28. The summed E-state index contributed by atoms with van der Waals surface area (Å²) < 4.78 is 10.7. The van der Waals surface area contributed by atoms with E-state index in [1.165, 1.54) is 0 Å². The van der Waals surface area contributed by atoms with Gasteiger partial charge >= 0.3 is 0 Å². The van der Waals surface area contributed by atoms with Crippen molar-refractivity contribution in [3.63, 3.8) is 0 Å². The Morgan fingerprint density at radius 1 is 1.00 bits per heavy atom. The molecule has 0 fully saturated rings. The van der Waals surface area contributed by atoms with Crippen molar-refractivity contribution >= 4 is 22.8 Å². The molecule has 0 radical (unpaired) electrons. The molecule has 0 unspecified atom stereocenters. The number of fused-ring (bicyclic) bond motifs is 1. The summed E-state index contributed by atoms with van der Waals surface area (Å²) in [5, 5.41) is 6.57. The summed E-state index contributed by atoms with van der Waals surface area (Å²) in [4.78, 5) is 24.3. The maximum Gasteiger partial charge on any atom is 0.251 e. The van der Waals surface area contributed by atoms with Crippen molar-refractivity contribution in [3.05, 3.63) is 64.9 Å². The first-order valence-corrected chi connectivity index (χ1v) is 9.15. The SMILES string of the molecule is COc1ccc(C(=O)NCCNC(=O)Cc2coc3c(C)c(C)ccc23)cc1. The highest BCUT2D eigenvalue weighted by Gasteiger charge is 2.13. The summed E-state index contributed by atoms with van der Waals surface area (Å²) in [6, 6.07) is 10.9. The number of methoxy groups -OCH3 is 1. The van der Waals surface area contributed by atoms with Gasteiger partial charge in [0.25, 0.3) is 5.91 Å². The van der Waals surface area contributed by atoms with Gasteiger partial charge in [-0.1, -0.05) is 12.1 Å². The number of carbonyl (C=O) groups excluding carboxylic acids is 2. The van der Waals surface area contributed by atoms with Crippen LogP contribution in [0, 0.1) is 13.8 Å². The molecule has 28 heavy (non-hydrogen) atoms. The predicted molar refractivity (Wildman–Crippen MR) is 108 cm³/mol. The Labute approximate surface area is 163 Å². The molecule has 0 saturated carbocycles. The Morgan fingerprint density at radius 2 is 1.71 bits per heavy atom. The zero-order chi connectivity index (χ0) is 20.1. The van der Waals surface area contributed by atoms with Crippen LogP contribution in [0.5, 0.6) is 5.75 Å². The van der Waals surface area contributed by atoms with Crippen LogP contribution in [0.1, 0.15) is 27.0 Å². The van der Waals surface area contributed by atoms with Gasteiger partial charge in [-0.25, -0.2) is 0 Å². The molecule has 2 N–H and O–H groups in total. The fraction of sp³-hybridized carbons (Fsp3) is 0.273. The minimum atomic E-state index is -0.191. The van der Waals surface area contributed by atoms with Crippen molar-refractivity contribution in [2.24, 2.45) is 0 Å². The zero-order valence-electron chi connectivity index (χ0n) is 16.3. The van der Waals surface area contributed by atoms with Crippen LogP contribution in [-0.4, -0.2) is 32.0 Å². The van der Waals surface area contributed by atoms with Crippen molar-refractivity contribution in [1.29, 1.82) is 0 Å². The molecule has 0 bridgehead atoms. The number of furan rings is 1. The Bertz CT molecular complexity index is 990. The van der Waals surface area contributed by atoms with Crippen molar-refractivity contribution in [2.45, 2.75) is 20.3 Å². The molecule has 0 aliphatic carbocycles. The monoisotopic (exact) mass is 380 g/mol. The summed E-state index contributed by atoms with van der Waals surface area (Å²) >= 11 is 0. The third-order valence-corrected chi connectivity index (χ3v) is 4.78. The predicted octanol–water partition coefficient (Wildman–Crippen LogP) is 3.15. The van der Waals surface area contributed by atoms with E-state index in [0.29, 0.717) is 24.4 Å². The fourth-order valence-electron chi connectivity index (χ4n) is 2.98. The first-order chi connectivity index (χ1) is 13.5. The average molecular weight is 380 g/mol. The van der Waals surface area contributed by atoms with Gasteiger partial charge < -0.3 is 19.8 Å². The average Bonchev–Trinajstić information content (AvgIpc) is 3.11. The van der Waals surface area contributed by atoms with Crippen LogP contribution in [0.25, 0.3) is 11.0 Å². The van der Waals surface area contributed by atoms with E-state index in [1.807, 2.05) is 26.0 Å². The second-order valence-electron chi connectivity index (χ2n) is 6.66. The summed E-state index contributed by atoms with van der Waals surface area (Å²) in [6.07, 6.45) is 1.88. The maximum absolute atomic E-state index is 12.2. The lowest BCUT2D eigenvalue weighted by molar-refractivity contribution is -0.120. The van der Waals surface area contributed by atoms with Crippen LogP contribution in [-0.2, 0) is 11.2 Å². The molecule has 6 nitrogen and oxygen atoms in total. The number of aryl methyl sites for hydroxylation is 2. The third kappa shape index (κ3) is 4.34. The molecule has 2 amide bonds. The lowest BCUT2D eigenvalue weighted by Crippen LogP contribution is -2.35. The van der Waals surface area contributed by atoms with Gasteiger partial charge in [0.05, 0.1) is 19.8 Å². The van der Waals surface area contributed by atoms with Crippen LogP contribution in [0.15, 0.2) is 47.1 Å². The standard InChI is InChI=1S/C22H24N2O4/c1-14-4-9-19-17(13-28-21(19)15(14)2)12-20(25)23-10-11-24-22(26)16-5-7-18(27-3)8-6-16/h4-9,13H,10-12H2,1-3H3,(H,23,25)(H,24,26). The van der Waals surface area contributed by atoms with E-state index in [0.717, 1.165) is 27.7 Å². The largest absolute Gasteiger partial charge is 0.497 e. The maximum atomic E-state index is 12.2. The first-order valence-electron chi connectivity index (χ1n) is 9.15. The summed E-state index contributed by atoms with van der Waals surface area (Å²) in [5.74, 6) is 0.393. The van der Waals surface area contributed by atoms with E-state index in [2.05, 4.69) is 10.6 Å². The summed E-state index contributed by atoms with van der Waals surface area (Å²) in [5.41, 5.74) is 4.48. The second kappa shape index (κ2) is 8.61. The molecule has 1 heterocycles. The molecule has 6 heteroatoms. The highest BCUT2D eigenvalue weighted by molar-refractivity contribution is 5.94. The molecule has 0 atom stereocenters. The smallest absolute Gasteiger partial charge is 0.251 e. The molecule has 0 saturated heterocycles. The van der Waals surface area contributed by atoms with Crippen LogP contribution < -0.4 is 15.4 Å². The lowest BCUT2D eigenvalue weighted by Gasteiger charge is -2.08. The lowest BCUT2D eigenvalue weighted by atomic mass is 10.0. The molecule has 0 aliphatic heterocycles. The minimum absolute atomic E-state index is 0.111. The Kier molecular flexibility index (Phi) is 5.99. The van der Waals surface area contributed by atoms with Crippen molar-refractivity contribution in [2.75, 3.05) is 20.2 Å². The number of ether oxygens (including phenoxy) is 1. The molecule has 0 aliphatic rings. The number of hydrogen-bond acceptors (Lipinski definition) is 4. The number of nitrogens with one attached hydrogen (secondary N) is 2. The van der Waals surface area contributed by atoms with Crippen LogP contribution in [0.3, 0.4) is 0 Å². The van der Waals surface area contributed by atoms with Crippen molar-refractivity contribution in [1.82, 2.24) is 10.6 Å². The van der Waals surface area contributed by atoms with E-state index < -0.39 is 0 Å². The van der Waals surface area contributed by atoms with E-state index in [1.54, 1.807) is 37.6 Å². The van der Waals surface area contributed by atoms with Crippen LogP contribution >= 0.6 is 0 Å². The highest BCUT2D eigenvalue weighted by atomic mass is 16.5. The van der Waals surface area contributed by atoms with Gasteiger partial charge in [-0.05, 0) is 49.2 Å². The number of rotatable bonds is 7. The van der Waals surface area contributed by atoms with E-state index >= 15 is 0 Å². The summed E-state index contributed by atoms with van der Waals surface area (Å²) in [7, 11) is 1.58. The number of carbonyl (C=O) groups is 2. The van der Waals surface area contributed by atoms with E-state index in [9.17, 15) is 9.59 Å².